The number of carbonyl (C=O) groups is 1. The summed E-state index contributed by atoms with van der Waals surface area (Å²) in [6.45, 7) is 5.18. The van der Waals surface area contributed by atoms with Crippen molar-refractivity contribution in [2.75, 3.05) is 33.2 Å². The van der Waals surface area contributed by atoms with Crippen LogP contribution in [0.25, 0.3) is 0 Å². The predicted molar refractivity (Wildman–Crippen MR) is 103 cm³/mol. The second-order valence-electron chi connectivity index (χ2n) is 6.22. The van der Waals surface area contributed by atoms with Crippen molar-refractivity contribution in [1.29, 1.82) is 0 Å². The van der Waals surface area contributed by atoms with E-state index >= 15 is 0 Å². The summed E-state index contributed by atoms with van der Waals surface area (Å²) >= 11 is 3.51. The van der Waals surface area contributed by atoms with Gasteiger partial charge in [-0.05, 0) is 25.0 Å². The minimum Gasteiger partial charge on any atom is -0.391 e. The third-order valence-corrected chi connectivity index (χ3v) is 4.95. The number of hydrogen-bond acceptors (Lipinski definition) is 3. The first-order chi connectivity index (χ1) is 12.0. The molecule has 1 amide bonds. The summed E-state index contributed by atoms with van der Waals surface area (Å²) < 4.78 is 1.01. The van der Waals surface area contributed by atoms with Crippen LogP contribution in [0.1, 0.15) is 25.3 Å². The Hall–Kier alpha value is -1.60. The minimum atomic E-state index is -0.291. The van der Waals surface area contributed by atoms with E-state index in [1.807, 2.05) is 43.1 Å². The average Bonchev–Trinajstić information content (AvgIpc) is 3.02. The van der Waals surface area contributed by atoms with Gasteiger partial charge in [0.1, 0.15) is 0 Å². The van der Waals surface area contributed by atoms with Crippen LogP contribution < -0.4 is 5.32 Å². The van der Waals surface area contributed by atoms with Gasteiger partial charge in [-0.1, -0.05) is 34.1 Å². The Kier molecular flexibility index (Phi) is 7.71. The molecule has 0 unspecified atom stereocenters. The van der Waals surface area contributed by atoms with E-state index < -0.39 is 0 Å². The molecule has 0 aliphatic carbocycles. The summed E-state index contributed by atoms with van der Waals surface area (Å²) in [5.74, 6) is 0.845. The lowest BCUT2D eigenvalue weighted by Crippen LogP contribution is -2.40. The van der Waals surface area contributed by atoms with Crippen molar-refractivity contribution >= 4 is 27.8 Å². The van der Waals surface area contributed by atoms with Crippen molar-refractivity contribution in [3.05, 3.63) is 34.3 Å². The summed E-state index contributed by atoms with van der Waals surface area (Å²) in [4.78, 5) is 20.6. The summed E-state index contributed by atoms with van der Waals surface area (Å²) in [5, 5.41) is 12.9. The Labute approximate surface area is 158 Å². The number of amides is 1. The quantitative estimate of drug-likeness (QED) is 0.554. The van der Waals surface area contributed by atoms with Gasteiger partial charge in [0.2, 0.25) is 5.91 Å². The Bertz CT molecular complexity index is 608. The van der Waals surface area contributed by atoms with Gasteiger partial charge in [0.25, 0.3) is 0 Å². The molecular weight excluding hydrogens is 384 g/mol. The third-order valence-electron chi connectivity index (χ3n) is 4.18. The molecule has 1 atom stereocenters. The van der Waals surface area contributed by atoms with Gasteiger partial charge in [-0.25, -0.2) is 0 Å². The Morgan fingerprint density at radius 2 is 2.24 bits per heavy atom. The number of likely N-dealkylation sites (tertiary alicyclic amines) is 1. The normalized spacial score (nSPS) is 17.7. The van der Waals surface area contributed by atoms with E-state index in [1.54, 1.807) is 4.90 Å². The van der Waals surface area contributed by atoms with Gasteiger partial charge in [-0.2, -0.15) is 0 Å². The third kappa shape index (κ3) is 6.01. The molecule has 1 saturated heterocycles. The van der Waals surface area contributed by atoms with Crippen LogP contribution in [0, 0.1) is 0 Å². The summed E-state index contributed by atoms with van der Waals surface area (Å²) in [6, 6.07) is 7.91. The Morgan fingerprint density at radius 3 is 2.88 bits per heavy atom. The Morgan fingerprint density at radius 1 is 1.48 bits per heavy atom. The number of aliphatic hydroxyl groups is 1. The maximum Gasteiger partial charge on any atom is 0.224 e. The van der Waals surface area contributed by atoms with Gasteiger partial charge < -0.3 is 20.2 Å². The molecule has 6 nitrogen and oxygen atoms in total. The highest BCUT2D eigenvalue weighted by molar-refractivity contribution is 9.10. The summed E-state index contributed by atoms with van der Waals surface area (Å²) in [5.41, 5.74) is 1.08. The van der Waals surface area contributed by atoms with Gasteiger partial charge in [0, 0.05) is 44.1 Å². The van der Waals surface area contributed by atoms with Crippen molar-refractivity contribution in [2.45, 2.75) is 32.4 Å². The first kappa shape index (κ1) is 19.7. The van der Waals surface area contributed by atoms with E-state index in [1.165, 1.54) is 0 Å². The zero-order chi connectivity index (χ0) is 18.2. The van der Waals surface area contributed by atoms with Crippen molar-refractivity contribution in [3.8, 4) is 0 Å². The average molecular weight is 411 g/mol. The minimum absolute atomic E-state index is 0.0665. The number of rotatable bonds is 6. The standard InChI is InChI=1S/C18H27BrN4O2/c1-3-20-18(23-11-9-15(24)13-23)21-10-8-17(25)22(2)12-14-6-4-5-7-16(14)19/h4-7,15,24H,3,8-13H2,1-2H3,(H,20,21)/t15-/m1/s1. The number of nitrogens with one attached hydrogen (secondary N) is 1. The van der Waals surface area contributed by atoms with E-state index in [0.29, 0.717) is 26.1 Å². The number of halogens is 1. The predicted octanol–water partition coefficient (Wildman–Crippen LogP) is 1.83. The van der Waals surface area contributed by atoms with Crippen LogP contribution >= 0.6 is 15.9 Å². The molecule has 1 fully saturated rings. The smallest absolute Gasteiger partial charge is 0.224 e. The van der Waals surface area contributed by atoms with Gasteiger partial charge in [-0.3, -0.25) is 9.79 Å². The first-order valence-corrected chi connectivity index (χ1v) is 9.49. The van der Waals surface area contributed by atoms with Crippen LogP contribution in [0.4, 0.5) is 0 Å². The van der Waals surface area contributed by atoms with Crippen molar-refractivity contribution in [1.82, 2.24) is 15.1 Å². The summed E-state index contributed by atoms with van der Waals surface area (Å²) in [7, 11) is 1.81. The maximum absolute atomic E-state index is 12.3. The Balaban J connectivity index is 1.85. The van der Waals surface area contributed by atoms with Crippen molar-refractivity contribution in [3.63, 3.8) is 0 Å². The highest BCUT2D eigenvalue weighted by atomic mass is 79.9. The SMILES string of the molecule is CCNC(=NCCC(=O)N(C)Cc1ccccc1Br)N1CC[C@@H](O)C1. The topological polar surface area (TPSA) is 68.2 Å². The van der Waals surface area contributed by atoms with E-state index in [-0.39, 0.29) is 12.0 Å². The molecule has 1 aliphatic heterocycles. The van der Waals surface area contributed by atoms with Gasteiger partial charge >= 0.3 is 0 Å². The molecule has 0 spiro atoms. The number of aliphatic imine (C=N–C) groups is 1. The molecule has 0 bridgehead atoms. The van der Waals surface area contributed by atoms with Gasteiger partial charge in [-0.15, -0.1) is 0 Å². The molecule has 0 aromatic heterocycles. The highest BCUT2D eigenvalue weighted by Crippen LogP contribution is 2.17. The largest absolute Gasteiger partial charge is 0.391 e. The first-order valence-electron chi connectivity index (χ1n) is 8.70. The molecule has 2 rings (SSSR count). The van der Waals surface area contributed by atoms with Crippen LogP contribution in [0.2, 0.25) is 0 Å². The number of guanidine groups is 1. The zero-order valence-corrected chi connectivity index (χ0v) is 16.5. The lowest BCUT2D eigenvalue weighted by atomic mass is 10.2. The lowest BCUT2D eigenvalue weighted by molar-refractivity contribution is -0.130. The zero-order valence-electron chi connectivity index (χ0n) is 14.9. The van der Waals surface area contributed by atoms with Gasteiger partial charge in [0.15, 0.2) is 5.96 Å². The van der Waals surface area contributed by atoms with E-state index in [2.05, 4.69) is 26.2 Å². The highest BCUT2D eigenvalue weighted by Gasteiger charge is 2.22. The molecule has 2 N–H and O–H groups in total. The molecule has 1 aliphatic rings. The number of benzene rings is 1. The fourth-order valence-electron chi connectivity index (χ4n) is 2.78. The molecule has 1 aromatic rings. The van der Waals surface area contributed by atoms with Crippen LogP contribution in [-0.2, 0) is 11.3 Å². The van der Waals surface area contributed by atoms with Crippen LogP contribution in [0.5, 0.6) is 0 Å². The van der Waals surface area contributed by atoms with Crippen molar-refractivity contribution in [2.24, 2.45) is 4.99 Å². The number of hydrogen-bond donors (Lipinski definition) is 2. The second kappa shape index (κ2) is 9.77. The molecule has 25 heavy (non-hydrogen) atoms. The molecule has 7 heteroatoms. The second-order valence-corrected chi connectivity index (χ2v) is 7.07. The fourth-order valence-corrected chi connectivity index (χ4v) is 3.19. The van der Waals surface area contributed by atoms with E-state index in [9.17, 15) is 9.90 Å². The molecule has 138 valence electrons. The number of aliphatic hydroxyl groups excluding tert-OH is 1. The molecule has 1 aromatic carbocycles. The van der Waals surface area contributed by atoms with E-state index in [4.69, 9.17) is 0 Å². The van der Waals surface area contributed by atoms with Crippen LogP contribution in [-0.4, -0.2) is 66.1 Å². The van der Waals surface area contributed by atoms with E-state index in [0.717, 1.165) is 35.5 Å². The molecule has 1 heterocycles. The maximum atomic E-state index is 12.3. The lowest BCUT2D eigenvalue weighted by Gasteiger charge is -2.21. The number of carbonyl (C=O) groups excluding carboxylic acids is 1. The summed E-state index contributed by atoms with van der Waals surface area (Å²) in [6.07, 6.45) is 0.838. The monoisotopic (exact) mass is 410 g/mol. The number of nitrogens with zero attached hydrogens (tertiary/aromatic N) is 3. The fraction of sp³-hybridized carbons (Fsp3) is 0.556. The van der Waals surface area contributed by atoms with Crippen LogP contribution in [0.15, 0.2) is 33.7 Å². The molecule has 0 radical (unpaired) electrons. The molecular formula is C18H27BrN4O2. The van der Waals surface area contributed by atoms with Crippen LogP contribution in [0.3, 0.4) is 0 Å². The van der Waals surface area contributed by atoms with Crippen molar-refractivity contribution < 1.29 is 9.90 Å². The number of β-amino-alcohol motifs (C(OH)–C–C–N with tert-alkyl or cyclic N) is 1. The molecule has 0 saturated carbocycles. The van der Waals surface area contributed by atoms with Gasteiger partial charge in [0.05, 0.1) is 12.6 Å².